The molecule has 32 heavy (non-hydrogen) atoms. The van der Waals surface area contributed by atoms with Gasteiger partial charge >= 0.3 is 5.97 Å². The van der Waals surface area contributed by atoms with Crippen molar-refractivity contribution in [1.82, 2.24) is 20.0 Å². The molecule has 1 aliphatic carbocycles. The van der Waals surface area contributed by atoms with Gasteiger partial charge in [0.15, 0.2) is 5.69 Å². The van der Waals surface area contributed by atoms with Crippen LogP contribution in [0.25, 0.3) is 0 Å². The zero-order chi connectivity index (χ0) is 22.5. The van der Waals surface area contributed by atoms with E-state index in [-0.39, 0.29) is 30.7 Å². The molecule has 8 nitrogen and oxygen atoms in total. The van der Waals surface area contributed by atoms with Gasteiger partial charge in [0, 0.05) is 48.8 Å². The van der Waals surface area contributed by atoms with Crippen LogP contribution in [0.2, 0.25) is 0 Å². The normalized spacial score (nSPS) is 14.7. The summed E-state index contributed by atoms with van der Waals surface area (Å²) in [5.74, 6) is 5.21. The van der Waals surface area contributed by atoms with Crippen molar-refractivity contribution < 1.29 is 19.1 Å². The fourth-order valence-corrected chi connectivity index (χ4v) is 3.73. The van der Waals surface area contributed by atoms with E-state index in [1.807, 2.05) is 35.0 Å². The fourth-order valence-electron chi connectivity index (χ4n) is 3.73. The summed E-state index contributed by atoms with van der Waals surface area (Å²) in [6, 6.07) is 9.36. The number of carbonyl (C=O) groups excluding carboxylic acids is 3. The molecular formula is C24H26N4O4. The van der Waals surface area contributed by atoms with Crippen molar-refractivity contribution in [2.45, 2.75) is 38.8 Å². The summed E-state index contributed by atoms with van der Waals surface area (Å²) in [6.45, 7) is 1.79. The van der Waals surface area contributed by atoms with E-state index in [1.165, 1.54) is 20.0 Å². The number of rotatable bonds is 6. The summed E-state index contributed by atoms with van der Waals surface area (Å²) >= 11 is 0. The standard InChI is InChI=1S/C24H26N4O4/c1-32-22(30)11-13-25-24(31)23-19-16-27(21(29)10-9-17-5-3-2-4-6-17)14-12-20(19)28(26-23)15-18-7-8-18/h2-6,18H,7-8,11-16H2,1H3,(H,25,31). The minimum Gasteiger partial charge on any atom is -0.469 e. The molecule has 0 spiro atoms. The predicted molar refractivity (Wildman–Crippen MR) is 116 cm³/mol. The highest BCUT2D eigenvalue weighted by molar-refractivity contribution is 5.96. The molecular weight excluding hydrogens is 408 g/mol. The van der Waals surface area contributed by atoms with Crippen LogP contribution in [-0.2, 0) is 33.8 Å². The van der Waals surface area contributed by atoms with Gasteiger partial charge in [-0.25, -0.2) is 0 Å². The van der Waals surface area contributed by atoms with E-state index in [9.17, 15) is 14.4 Å². The van der Waals surface area contributed by atoms with Gasteiger partial charge in [0.05, 0.1) is 20.1 Å². The first kappa shape index (κ1) is 21.6. The Morgan fingerprint density at radius 2 is 2.00 bits per heavy atom. The zero-order valence-corrected chi connectivity index (χ0v) is 18.1. The fraction of sp³-hybridized carbons (Fsp3) is 0.417. The summed E-state index contributed by atoms with van der Waals surface area (Å²) < 4.78 is 6.54. The molecule has 1 fully saturated rings. The largest absolute Gasteiger partial charge is 0.469 e. The second-order valence-electron chi connectivity index (χ2n) is 8.07. The smallest absolute Gasteiger partial charge is 0.307 e. The molecule has 0 radical (unpaired) electrons. The number of aromatic nitrogens is 2. The van der Waals surface area contributed by atoms with Gasteiger partial charge in [-0.05, 0) is 30.9 Å². The van der Waals surface area contributed by atoms with Gasteiger partial charge in [-0.1, -0.05) is 24.1 Å². The van der Waals surface area contributed by atoms with Crippen molar-refractivity contribution >= 4 is 17.8 Å². The molecule has 1 aromatic carbocycles. The lowest BCUT2D eigenvalue weighted by Gasteiger charge is -2.26. The van der Waals surface area contributed by atoms with Gasteiger partial charge in [-0.2, -0.15) is 5.10 Å². The van der Waals surface area contributed by atoms with Crippen molar-refractivity contribution in [2.75, 3.05) is 20.2 Å². The number of hydrogen-bond acceptors (Lipinski definition) is 5. The Kier molecular flexibility index (Phi) is 6.55. The van der Waals surface area contributed by atoms with Crippen molar-refractivity contribution in [1.29, 1.82) is 0 Å². The number of nitrogens with one attached hydrogen (secondary N) is 1. The van der Waals surface area contributed by atoms with Gasteiger partial charge in [0.1, 0.15) is 0 Å². The first-order valence-corrected chi connectivity index (χ1v) is 10.8. The number of benzene rings is 1. The maximum atomic E-state index is 12.8. The maximum absolute atomic E-state index is 12.8. The van der Waals surface area contributed by atoms with E-state index in [0.29, 0.717) is 31.1 Å². The van der Waals surface area contributed by atoms with E-state index in [0.717, 1.165) is 23.4 Å². The molecule has 1 N–H and O–H groups in total. The third-order valence-electron chi connectivity index (χ3n) is 5.69. The monoisotopic (exact) mass is 434 g/mol. The number of methoxy groups -OCH3 is 1. The van der Waals surface area contributed by atoms with Crippen LogP contribution in [0.4, 0.5) is 0 Å². The van der Waals surface area contributed by atoms with Crippen molar-refractivity contribution in [3.8, 4) is 11.8 Å². The number of nitrogens with zero attached hydrogens (tertiary/aromatic N) is 3. The van der Waals surface area contributed by atoms with E-state index in [1.54, 1.807) is 4.90 Å². The molecule has 1 aromatic heterocycles. The topological polar surface area (TPSA) is 93.5 Å². The number of fused-ring (bicyclic) bond motifs is 1. The van der Waals surface area contributed by atoms with Crippen LogP contribution in [0.5, 0.6) is 0 Å². The van der Waals surface area contributed by atoms with Gasteiger partial charge < -0.3 is 15.0 Å². The van der Waals surface area contributed by atoms with E-state index < -0.39 is 0 Å². The van der Waals surface area contributed by atoms with Crippen molar-refractivity contribution in [3.05, 3.63) is 52.8 Å². The zero-order valence-electron chi connectivity index (χ0n) is 18.1. The Balaban J connectivity index is 1.50. The number of carbonyl (C=O) groups is 3. The van der Waals surface area contributed by atoms with Crippen LogP contribution in [0.3, 0.4) is 0 Å². The average molecular weight is 434 g/mol. The predicted octanol–water partition coefficient (Wildman–Crippen LogP) is 1.52. The van der Waals surface area contributed by atoms with Gasteiger partial charge in [0.25, 0.3) is 11.8 Å². The van der Waals surface area contributed by atoms with Crippen LogP contribution < -0.4 is 5.32 Å². The highest BCUT2D eigenvalue weighted by Crippen LogP contribution is 2.32. The molecule has 1 aliphatic heterocycles. The van der Waals surface area contributed by atoms with Crippen LogP contribution in [0, 0.1) is 17.8 Å². The summed E-state index contributed by atoms with van der Waals surface area (Å²) in [4.78, 5) is 38.5. The van der Waals surface area contributed by atoms with E-state index in [2.05, 4.69) is 27.0 Å². The Labute approximate surface area is 186 Å². The number of hydrogen-bond donors (Lipinski definition) is 1. The first-order valence-electron chi connectivity index (χ1n) is 10.8. The molecule has 4 rings (SSSR count). The molecule has 166 valence electrons. The molecule has 2 heterocycles. The Morgan fingerprint density at radius 3 is 2.72 bits per heavy atom. The number of amides is 2. The molecule has 2 aliphatic rings. The van der Waals surface area contributed by atoms with E-state index >= 15 is 0 Å². The Morgan fingerprint density at radius 1 is 1.22 bits per heavy atom. The van der Waals surface area contributed by atoms with Crippen LogP contribution >= 0.6 is 0 Å². The quantitative estimate of drug-likeness (QED) is 0.550. The molecule has 2 amide bonds. The second-order valence-corrected chi connectivity index (χ2v) is 8.07. The molecule has 0 saturated heterocycles. The molecule has 8 heteroatoms. The third kappa shape index (κ3) is 5.17. The number of esters is 1. The SMILES string of the molecule is COC(=O)CCNC(=O)c1nn(CC2CC2)c2c1CN(C(=O)C#Cc1ccccc1)CC2. The molecule has 0 unspecified atom stereocenters. The minimum atomic E-state index is -0.389. The Bertz CT molecular complexity index is 1080. The highest BCUT2D eigenvalue weighted by Gasteiger charge is 2.32. The summed E-state index contributed by atoms with van der Waals surface area (Å²) in [5.41, 5.74) is 2.87. The molecule has 2 aromatic rings. The lowest BCUT2D eigenvalue weighted by atomic mass is 10.0. The lowest BCUT2D eigenvalue weighted by molar-refractivity contribution is -0.140. The second kappa shape index (κ2) is 9.69. The lowest BCUT2D eigenvalue weighted by Crippen LogP contribution is -2.36. The van der Waals surface area contributed by atoms with E-state index in [4.69, 9.17) is 0 Å². The molecule has 0 bridgehead atoms. The minimum absolute atomic E-state index is 0.0902. The van der Waals surface area contributed by atoms with Gasteiger partial charge in [-0.15, -0.1) is 0 Å². The van der Waals surface area contributed by atoms with Crippen molar-refractivity contribution in [2.24, 2.45) is 5.92 Å². The molecule has 0 atom stereocenters. The van der Waals surface area contributed by atoms with Crippen molar-refractivity contribution in [3.63, 3.8) is 0 Å². The first-order chi connectivity index (χ1) is 15.5. The highest BCUT2D eigenvalue weighted by atomic mass is 16.5. The average Bonchev–Trinajstić information content (AvgIpc) is 3.57. The third-order valence-corrected chi connectivity index (χ3v) is 5.69. The Hall–Kier alpha value is -3.60. The van der Waals surface area contributed by atoms with Gasteiger partial charge in [-0.3, -0.25) is 19.1 Å². The molecule has 1 saturated carbocycles. The summed E-state index contributed by atoms with van der Waals surface area (Å²) in [5, 5.41) is 7.33. The maximum Gasteiger partial charge on any atom is 0.307 e. The van der Waals surface area contributed by atoms with Crippen LogP contribution in [0.1, 0.15) is 46.6 Å². The summed E-state index contributed by atoms with van der Waals surface area (Å²) in [6.07, 6.45) is 3.07. The number of ether oxygens (including phenoxy) is 1. The summed E-state index contributed by atoms with van der Waals surface area (Å²) in [7, 11) is 1.31. The van der Waals surface area contributed by atoms with Crippen LogP contribution in [-0.4, -0.2) is 52.7 Å². The van der Waals surface area contributed by atoms with Crippen LogP contribution in [0.15, 0.2) is 30.3 Å². The van der Waals surface area contributed by atoms with Gasteiger partial charge in [0.2, 0.25) is 0 Å².